The maximum atomic E-state index is 5.75. The van der Waals surface area contributed by atoms with Gasteiger partial charge in [-0.1, -0.05) is 13.8 Å². The molecule has 5 N–H and O–H groups in total. The van der Waals surface area contributed by atoms with Crippen LogP contribution in [-0.4, -0.2) is 20.2 Å². The van der Waals surface area contributed by atoms with Gasteiger partial charge in [0.05, 0.1) is 11.1 Å². The zero-order chi connectivity index (χ0) is 10.3. The second kappa shape index (κ2) is 2.83. The number of aromatic nitrogens is 4. The van der Waals surface area contributed by atoms with Crippen LogP contribution in [0.25, 0.3) is 11.0 Å². The minimum atomic E-state index is 0.150. The quantitative estimate of drug-likeness (QED) is 0.614. The van der Waals surface area contributed by atoms with Crippen molar-refractivity contribution in [2.45, 2.75) is 19.8 Å². The summed E-state index contributed by atoms with van der Waals surface area (Å²) in [6, 6.07) is 0. The van der Waals surface area contributed by atoms with Gasteiger partial charge in [-0.15, -0.1) is 0 Å². The Bertz CT molecular complexity index is 472. The van der Waals surface area contributed by atoms with E-state index in [1.165, 1.54) is 0 Å². The van der Waals surface area contributed by atoms with Gasteiger partial charge in [0.15, 0.2) is 5.65 Å². The third kappa shape index (κ3) is 1.15. The van der Waals surface area contributed by atoms with Gasteiger partial charge in [-0.3, -0.25) is 5.10 Å². The Morgan fingerprint density at radius 2 is 1.93 bits per heavy atom. The molecule has 0 unspecified atom stereocenters. The van der Waals surface area contributed by atoms with E-state index in [1.54, 1.807) is 0 Å². The standard InChI is InChI=1S/C8H12N6/c1-3(2)5-4-6(9)11-8(10)12-7(4)14-13-5/h3H,1-2H3,(H5,9,10,11,12,13,14). The van der Waals surface area contributed by atoms with Gasteiger partial charge in [0.25, 0.3) is 0 Å². The predicted molar refractivity (Wildman–Crippen MR) is 54.6 cm³/mol. The maximum Gasteiger partial charge on any atom is 0.224 e. The number of aromatic amines is 1. The van der Waals surface area contributed by atoms with Crippen molar-refractivity contribution in [2.24, 2.45) is 0 Å². The minimum absolute atomic E-state index is 0.150. The van der Waals surface area contributed by atoms with Crippen LogP contribution < -0.4 is 11.5 Å². The third-order valence-electron chi connectivity index (χ3n) is 2.06. The van der Waals surface area contributed by atoms with Crippen LogP contribution in [0.3, 0.4) is 0 Å². The highest BCUT2D eigenvalue weighted by atomic mass is 15.2. The molecule has 6 nitrogen and oxygen atoms in total. The van der Waals surface area contributed by atoms with Gasteiger partial charge in [-0.25, -0.2) is 0 Å². The van der Waals surface area contributed by atoms with E-state index in [2.05, 4.69) is 20.2 Å². The Balaban J connectivity index is 2.79. The summed E-state index contributed by atoms with van der Waals surface area (Å²) in [5, 5.41) is 7.69. The number of hydrogen-bond acceptors (Lipinski definition) is 5. The first-order valence-electron chi connectivity index (χ1n) is 4.36. The summed E-state index contributed by atoms with van der Waals surface area (Å²) in [5.74, 6) is 0.830. The second-order valence-electron chi connectivity index (χ2n) is 3.46. The summed E-state index contributed by atoms with van der Waals surface area (Å²) in [6.45, 7) is 4.09. The highest BCUT2D eigenvalue weighted by Gasteiger charge is 2.14. The average molecular weight is 192 g/mol. The molecule has 14 heavy (non-hydrogen) atoms. The summed E-state index contributed by atoms with van der Waals surface area (Å²) in [7, 11) is 0. The number of fused-ring (bicyclic) bond motifs is 1. The first kappa shape index (κ1) is 8.74. The van der Waals surface area contributed by atoms with E-state index in [4.69, 9.17) is 11.5 Å². The summed E-state index contributed by atoms with van der Waals surface area (Å²) < 4.78 is 0. The number of rotatable bonds is 1. The van der Waals surface area contributed by atoms with E-state index in [0.29, 0.717) is 17.4 Å². The van der Waals surface area contributed by atoms with Crippen LogP contribution in [0.5, 0.6) is 0 Å². The van der Waals surface area contributed by atoms with Crippen molar-refractivity contribution in [2.75, 3.05) is 11.5 Å². The summed E-state index contributed by atoms with van der Waals surface area (Å²) in [6.07, 6.45) is 0. The third-order valence-corrected chi connectivity index (χ3v) is 2.06. The van der Waals surface area contributed by atoms with Crippen LogP contribution in [0, 0.1) is 0 Å². The van der Waals surface area contributed by atoms with Gasteiger partial charge in [-0.05, 0) is 5.92 Å². The molecular weight excluding hydrogens is 180 g/mol. The molecule has 0 radical (unpaired) electrons. The molecule has 0 aliphatic heterocycles. The lowest BCUT2D eigenvalue weighted by Crippen LogP contribution is -2.01. The number of nitrogens with one attached hydrogen (secondary N) is 1. The highest BCUT2D eigenvalue weighted by molar-refractivity contribution is 5.89. The number of nitrogens with two attached hydrogens (primary N) is 2. The predicted octanol–water partition coefficient (Wildman–Crippen LogP) is 0.641. The molecule has 0 spiro atoms. The molecule has 0 aliphatic rings. The minimum Gasteiger partial charge on any atom is -0.383 e. The van der Waals surface area contributed by atoms with Crippen LogP contribution in [0.1, 0.15) is 25.5 Å². The molecule has 0 saturated carbocycles. The number of anilines is 2. The summed E-state index contributed by atoms with van der Waals surface area (Å²) >= 11 is 0. The molecule has 6 heteroatoms. The molecule has 2 rings (SSSR count). The molecule has 0 fully saturated rings. The highest BCUT2D eigenvalue weighted by Crippen LogP contribution is 2.25. The summed E-state index contributed by atoms with van der Waals surface area (Å²) in [5.41, 5.74) is 12.7. The molecule has 2 aromatic rings. The monoisotopic (exact) mass is 192 g/mol. The van der Waals surface area contributed by atoms with E-state index in [9.17, 15) is 0 Å². The maximum absolute atomic E-state index is 5.75. The largest absolute Gasteiger partial charge is 0.383 e. The Morgan fingerprint density at radius 1 is 1.21 bits per heavy atom. The molecule has 74 valence electrons. The molecule has 0 amide bonds. The lowest BCUT2D eigenvalue weighted by atomic mass is 10.1. The topological polar surface area (TPSA) is 106 Å². The van der Waals surface area contributed by atoms with Crippen molar-refractivity contribution in [1.82, 2.24) is 20.2 Å². The van der Waals surface area contributed by atoms with Gasteiger partial charge in [0.1, 0.15) is 5.82 Å². The molecular formula is C8H12N6. The fraction of sp³-hybridized carbons (Fsp3) is 0.375. The Kier molecular flexibility index (Phi) is 1.77. The van der Waals surface area contributed by atoms with E-state index < -0.39 is 0 Å². The number of H-pyrrole nitrogens is 1. The van der Waals surface area contributed by atoms with E-state index in [1.807, 2.05) is 13.8 Å². The smallest absolute Gasteiger partial charge is 0.224 e. The molecule has 2 heterocycles. The fourth-order valence-corrected chi connectivity index (χ4v) is 1.41. The van der Waals surface area contributed by atoms with Crippen LogP contribution >= 0.6 is 0 Å². The van der Waals surface area contributed by atoms with Gasteiger partial charge in [0, 0.05) is 0 Å². The van der Waals surface area contributed by atoms with Crippen molar-refractivity contribution >= 4 is 22.8 Å². The lowest BCUT2D eigenvalue weighted by Gasteiger charge is -2.02. The number of hydrogen-bond donors (Lipinski definition) is 3. The zero-order valence-electron chi connectivity index (χ0n) is 8.07. The van der Waals surface area contributed by atoms with E-state index >= 15 is 0 Å². The average Bonchev–Trinajstić information content (AvgIpc) is 2.47. The first-order chi connectivity index (χ1) is 6.59. The van der Waals surface area contributed by atoms with Crippen molar-refractivity contribution in [3.63, 3.8) is 0 Å². The Hall–Kier alpha value is -1.85. The molecule has 0 atom stereocenters. The van der Waals surface area contributed by atoms with E-state index in [0.717, 1.165) is 11.1 Å². The van der Waals surface area contributed by atoms with Gasteiger partial charge < -0.3 is 11.5 Å². The zero-order valence-corrected chi connectivity index (χ0v) is 8.07. The fourth-order valence-electron chi connectivity index (χ4n) is 1.41. The van der Waals surface area contributed by atoms with Crippen molar-refractivity contribution in [1.29, 1.82) is 0 Å². The number of nitrogen functional groups attached to an aromatic ring is 2. The number of nitrogens with zero attached hydrogens (tertiary/aromatic N) is 3. The second-order valence-corrected chi connectivity index (χ2v) is 3.46. The molecule has 0 aromatic carbocycles. The van der Waals surface area contributed by atoms with Crippen molar-refractivity contribution < 1.29 is 0 Å². The van der Waals surface area contributed by atoms with E-state index in [-0.39, 0.29) is 5.95 Å². The molecule has 0 aliphatic carbocycles. The lowest BCUT2D eigenvalue weighted by molar-refractivity contribution is 0.817. The Morgan fingerprint density at radius 3 is 2.57 bits per heavy atom. The first-order valence-corrected chi connectivity index (χ1v) is 4.36. The van der Waals surface area contributed by atoms with Gasteiger partial charge in [0.2, 0.25) is 5.95 Å². The SMILES string of the molecule is CC(C)c1[nH]nc2nc(N)nc(N)c12. The van der Waals surface area contributed by atoms with Crippen LogP contribution in [0.4, 0.5) is 11.8 Å². The Labute approximate surface area is 80.7 Å². The van der Waals surface area contributed by atoms with Crippen LogP contribution in [0.15, 0.2) is 0 Å². The molecule has 0 bridgehead atoms. The van der Waals surface area contributed by atoms with Crippen LogP contribution in [0.2, 0.25) is 0 Å². The van der Waals surface area contributed by atoms with Crippen molar-refractivity contribution in [3.05, 3.63) is 5.69 Å². The molecule has 0 saturated heterocycles. The van der Waals surface area contributed by atoms with Gasteiger partial charge in [-0.2, -0.15) is 15.1 Å². The van der Waals surface area contributed by atoms with Crippen LogP contribution in [-0.2, 0) is 0 Å². The molecule has 2 aromatic heterocycles. The van der Waals surface area contributed by atoms with Crippen molar-refractivity contribution in [3.8, 4) is 0 Å². The normalized spacial score (nSPS) is 11.4. The van der Waals surface area contributed by atoms with Gasteiger partial charge >= 0.3 is 0 Å². The summed E-state index contributed by atoms with van der Waals surface area (Å²) in [4.78, 5) is 7.89.